The fraction of sp³-hybridized carbons (Fsp3) is 0.125. The number of methoxy groups -OCH3 is 1. The normalized spacial score (nSPS) is 10.4. The molecule has 2 aromatic rings. The van der Waals surface area contributed by atoms with Gasteiger partial charge in [-0.2, -0.15) is 5.10 Å². The highest BCUT2D eigenvalue weighted by Crippen LogP contribution is 2.39. The van der Waals surface area contributed by atoms with E-state index in [-0.39, 0.29) is 17.1 Å². The average Bonchev–Trinajstić information content (AvgIpc) is 2.62. The number of ether oxygens (including phenoxy) is 2. The third kappa shape index (κ3) is 4.38. The smallest absolute Gasteiger partial charge is 0.323 e. The molecule has 1 aromatic heterocycles. The van der Waals surface area contributed by atoms with E-state index in [0.29, 0.717) is 5.56 Å². The number of aromatic nitrogens is 1. The lowest BCUT2D eigenvalue weighted by molar-refractivity contribution is -0.385. The summed E-state index contributed by atoms with van der Waals surface area (Å²) in [6.45, 7) is 1.16. The van der Waals surface area contributed by atoms with Gasteiger partial charge in [-0.05, 0) is 24.3 Å². The lowest BCUT2D eigenvalue weighted by atomic mass is 10.1. The summed E-state index contributed by atoms with van der Waals surface area (Å²) in [6.07, 6.45) is 3.99. The molecule has 0 saturated carbocycles. The number of benzene rings is 1. The average molecular weight is 358 g/mol. The van der Waals surface area contributed by atoms with Gasteiger partial charge >= 0.3 is 11.7 Å². The molecule has 1 aromatic carbocycles. The number of carbonyl (C=O) groups is 2. The van der Waals surface area contributed by atoms with Crippen LogP contribution in [0.5, 0.6) is 11.5 Å². The lowest BCUT2D eigenvalue weighted by Crippen LogP contribution is -2.17. The van der Waals surface area contributed by atoms with Crippen molar-refractivity contribution in [2.45, 2.75) is 6.92 Å². The highest BCUT2D eigenvalue weighted by molar-refractivity contribution is 5.95. The molecule has 26 heavy (non-hydrogen) atoms. The molecular weight excluding hydrogens is 344 g/mol. The zero-order valence-corrected chi connectivity index (χ0v) is 13.8. The lowest BCUT2D eigenvalue weighted by Gasteiger charge is -2.09. The van der Waals surface area contributed by atoms with E-state index in [2.05, 4.69) is 15.5 Å². The molecule has 0 radical (unpaired) electrons. The SMILES string of the molecule is COc1c(OC(C)=O)ccc(/C=N\NC(=O)c2ccncc2)c1[N+](=O)[O-]. The highest BCUT2D eigenvalue weighted by Gasteiger charge is 2.25. The van der Waals surface area contributed by atoms with Gasteiger partial charge in [0.05, 0.1) is 23.8 Å². The Morgan fingerprint density at radius 3 is 2.54 bits per heavy atom. The molecular formula is C16H14N4O6. The Balaban J connectivity index is 2.29. The Kier molecular flexibility index (Phi) is 5.93. The Morgan fingerprint density at radius 1 is 1.27 bits per heavy atom. The number of pyridine rings is 1. The monoisotopic (exact) mass is 358 g/mol. The molecule has 10 nitrogen and oxygen atoms in total. The van der Waals surface area contributed by atoms with Gasteiger partial charge in [-0.1, -0.05) is 0 Å². The summed E-state index contributed by atoms with van der Waals surface area (Å²) in [5, 5.41) is 15.1. The van der Waals surface area contributed by atoms with E-state index in [9.17, 15) is 19.7 Å². The van der Waals surface area contributed by atoms with Crippen molar-refractivity contribution in [1.29, 1.82) is 0 Å². The van der Waals surface area contributed by atoms with Gasteiger partial charge in [0.25, 0.3) is 5.91 Å². The summed E-state index contributed by atoms with van der Waals surface area (Å²) in [6, 6.07) is 5.63. The Bertz CT molecular complexity index is 867. The molecule has 10 heteroatoms. The summed E-state index contributed by atoms with van der Waals surface area (Å²) in [5.74, 6) is -1.47. The summed E-state index contributed by atoms with van der Waals surface area (Å²) < 4.78 is 9.90. The van der Waals surface area contributed by atoms with Crippen LogP contribution in [0.25, 0.3) is 0 Å². The molecule has 1 heterocycles. The van der Waals surface area contributed by atoms with E-state index in [4.69, 9.17) is 9.47 Å². The third-order valence-electron chi connectivity index (χ3n) is 3.08. The van der Waals surface area contributed by atoms with Crippen molar-refractivity contribution >= 4 is 23.8 Å². The number of carbonyl (C=O) groups excluding carboxylic acids is 2. The number of nitro groups is 1. The molecule has 0 unspecified atom stereocenters. The maximum absolute atomic E-state index is 11.9. The van der Waals surface area contributed by atoms with E-state index >= 15 is 0 Å². The number of nitrogens with zero attached hydrogens (tertiary/aromatic N) is 3. The number of rotatable bonds is 6. The zero-order chi connectivity index (χ0) is 19.1. The second kappa shape index (κ2) is 8.33. The van der Waals surface area contributed by atoms with E-state index in [1.54, 1.807) is 0 Å². The number of hydrogen-bond acceptors (Lipinski definition) is 8. The number of hydrazone groups is 1. The van der Waals surface area contributed by atoms with Crippen LogP contribution in [0.1, 0.15) is 22.8 Å². The Morgan fingerprint density at radius 2 is 1.96 bits per heavy atom. The van der Waals surface area contributed by atoms with Crippen LogP contribution in [0.15, 0.2) is 41.8 Å². The zero-order valence-electron chi connectivity index (χ0n) is 13.8. The summed E-state index contributed by atoms with van der Waals surface area (Å²) in [5.41, 5.74) is 2.18. The molecule has 2 rings (SSSR count). The maximum atomic E-state index is 11.9. The van der Waals surface area contributed by atoms with Crippen molar-refractivity contribution in [2.75, 3.05) is 7.11 Å². The van der Waals surface area contributed by atoms with Crippen LogP contribution in [-0.4, -0.2) is 35.1 Å². The van der Waals surface area contributed by atoms with Gasteiger partial charge in [-0.25, -0.2) is 5.43 Å². The second-order valence-electron chi connectivity index (χ2n) is 4.82. The van der Waals surface area contributed by atoms with Gasteiger partial charge in [-0.3, -0.25) is 24.7 Å². The predicted molar refractivity (Wildman–Crippen MR) is 90.3 cm³/mol. The summed E-state index contributed by atoms with van der Waals surface area (Å²) in [7, 11) is 1.21. The first-order valence-corrected chi connectivity index (χ1v) is 7.21. The molecule has 1 N–H and O–H groups in total. The molecule has 0 aliphatic carbocycles. The van der Waals surface area contributed by atoms with Crippen molar-refractivity contribution in [1.82, 2.24) is 10.4 Å². The van der Waals surface area contributed by atoms with Crippen molar-refractivity contribution in [2.24, 2.45) is 5.10 Å². The van der Waals surface area contributed by atoms with Gasteiger partial charge in [0.2, 0.25) is 5.75 Å². The maximum Gasteiger partial charge on any atom is 0.323 e. The van der Waals surface area contributed by atoms with Gasteiger partial charge in [0.1, 0.15) is 0 Å². The topological polar surface area (TPSA) is 133 Å². The largest absolute Gasteiger partial charge is 0.488 e. The molecule has 0 spiro atoms. The molecule has 0 saturated heterocycles. The molecule has 134 valence electrons. The standard InChI is InChI=1S/C16H14N4O6/c1-10(21)26-13-4-3-12(14(20(23)24)15(13)25-2)9-18-19-16(22)11-5-7-17-8-6-11/h3-9H,1-2H3,(H,19,22)/b18-9-. The van der Waals surface area contributed by atoms with Crippen LogP contribution in [0.3, 0.4) is 0 Å². The van der Waals surface area contributed by atoms with Gasteiger partial charge in [0.15, 0.2) is 5.75 Å². The first kappa shape index (κ1) is 18.5. The molecule has 0 bridgehead atoms. The van der Waals surface area contributed by atoms with Crippen molar-refractivity contribution < 1.29 is 24.0 Å². The molecule has 0 fully saturated rings. The molecule has 0 aliphatic heterocycles. The summed E-state index contributed by atoms with van der Waals surface area (Å²) >= 11 is 0. The molecule has 0 atom stereocenters. The first-order chi connectivity index (χ1) is 12.4. The fourth-order valence-corrected chi connectivity index (χ4v) is 2.02. The Labute approximate surface area is 147 Å². The van der Waals surface area contributed by atoms with Crippen molar-refractivity contribution in [3.8, 4) is 11.5 Å². The minimum Gasteiger partial charge on any atom is -0.488 e. The number of nitro benzene ring substituents is 1. The van der Waals surface area contributed by atoms with E-state index in [1.165, 1.54) is 43.8 Å². The van der Waals surface area contributed by atoms with E-state index < -0.39 is 22.5 Å². The Hall–Kier alpha value is -3.82. The number of esters is 1. The van der Waals surface area contributed by atoms with Crippen LogP contribution in [0.4, 0.5) is 5.69 Å². The first-order valence-electron chi connectivity index (χ1n) is 7.21. The van der Waals surface area contributed by atoms with Crippen molar-refractivity contribution in [3.63, 3.8) is 0 Å². The van der Waals surface area contributed by atoms with E-state index in [0.717, 1.165) is 13.1 Å². The van der Waals surface area contributed by atoms with Crippen LogP contribution < -0.4 is 14.9 Å². The van der Waals surface area contributed by atoms with Gasteiger partial charge in [0, 0.05) is 24.9 Å². The van der Waals surface area contributed by atoms with Crippen molar-refractivity contribution in [3.05, 3.63) is 57.9 Å². The fourth-order valence-electron chi connectivity index (χ4n) is 2.02. The minimum atomic E-state index is -0.697. The molecule has 1 amide bonds. The van der Waals surface area contributed by atoms with E-state index in [1.807, 2.05) is 0 Å². The predicted octanol–water partition coefficient (Wildman–Crippen LogP) is 1.69. The third-order valence-corrected chi connectivity index (χ3v) is 3.08. The number of amides is 1. The minimum absolute atomic E-state index is 0.0535. The highest BCUT2D eigenvalue weighted by atomic mass is 16.6. The number of hydrogen-bond donors (Lipinski definition) is 1. The van der Waals surface area contributed by atoms with Crippen LogP contribution in [0.2, 0.25) is 0 Å². The molecule has 0 aliphatic rings. The van der Waals surface area contributed by atoms with Gasteiger partial charge < -0.3 is 9.47 Å². The van der Waals surface area contributed by atoms with Crippen LogP contribution in [0, 0.1) is 10.1 Å². The van der Waals surface area contributed by atoms with Crippen LogP contribution in [-0.2, 0) is 4.79 Å². The summed E-state index contributed by atoms with van der Waals surface area (Å²) in [4.78, 5) is 37.5. The second-order valence-corrected chi connectivity index (χ2v) is 4.82. The number of nitrogens with one attached hydrogen (secondary N) is 1. The van der Waals surface area contributed by atoms with Gasteiger partial charge in [-0.15, -0.1) is 0 Å². The van der Waals surface area contributed by atoms with Crippen LogP contribution >= 0.6 is 0 Å². The quantitative estimate of drug-likeness (QED) is 0.273.